The van der Waals surface area contributed by atoms with Gasteiger partial charge < -0.3 is 10.1 Å². The molecule has 2 aromatic rings. The van der Waals surface area contributed by atoms with E-state index in [0.29, 0.717) is 33.7 Å². The van der Waals surface area contributed by atoms with Crippen LogP contribution in [0.5, 0.6) is 5.75 Å². The fraction of sp³-hybridized carbons (Fsp3) is 0.222. The average Bonchev–Trinajstić information content (AvgIpc) is 2.59. The summed E-state index contributed by atoms with van der Waals surface area (Å²) in [5, 5.41) is 6.35. The molecule has 0 heterocycles. The monoisotopic (exact) mass is 396 g/mol. The molecule has 0 aliphatic heterocycles. The van der Waals surface area contributed by atoms with Crippen molar-refractivity contribution < 1.29 is 9.53 Å². The number of carbonyl (C=O) groups is 1. The number of para-hydroxylation sites is 1. The van der Waals surface area contributed by atoms with Crippen LogP contribution in [0.1, 0.15) is 30.1 Å². The molecule has 2 aromatic carbocycles. The van der Waals surface area contributed by atoms with Crippen LogP contribution in [0.4, 0.5) is 5.69 Å². The molecule has 0 spiro atoms. The van der Waals surface area contributed by atoms with Crippen molar-refractivity contribution in [2.24, 2.45) is 0 Å². The summed E-state index contributed by atoms with van der Waals surface area (Å²) in [6, 6.07) is 12.2. The van der Waals surface area contributed by atoms with Crippen molar-refractivity contribution in [2.75, 3.05) is 11.9 Å². The van der Waals surface area contributed by atoms with E-state index in [1.807, 2.05) is 6.07 Å². The number of hydrogen-bond donors (Lipinski definition) is 2. The minimum atomic E-state index is -0.359. The standard InChI is InChI=1S/C18H18Cl2N2O2S/c1-2-3-11-24-15-10-5-4-7-12(15)17(23)22-18(25)21-14-9-6-8-13(19)16(14)20/h4-10H,2-3,11H2,1H3,(H2,21,22,23,25). The molecule has 0 atom stereocenters. The molecule has 2 N–H and O–H groups in total. The van der Waals surface area contributed by atoms with Gasteiger partial charge in [0.1, 0.15) is 5.75 Å². The normalized spacial score (nSPS) is 10.2. The van der Waals surface area contributed by atoms with Crippen LogP contribution in [0.3, 0.4) is 0 Å². The van der Waals surface area contributed by atoms with Gasteiger partial charge in [-0.05, 0) is 42.9 Å². The molecule has 0 aliphatic carbocycles. The van der Waals surface area contributed by atoms with E-state index in [0.717, 1.165) is 12.8 Å². The molecule has 0 bridgehead atoms. The highest BCUT2D eigenvalue weighted by Crippen LogP contribution is 2.29. The van der Waals surface area contributed by atoms with Crippen molar-refractivity contribution >= 4 is 52.1 Å². The number of unbranched alkanes of at least 4 members (excludes halogenated alkanes) is 1. The smallest absolute Gasteiger partial charge is 0.261 e. The SMILES string of the molecule is CCCCOc1ccccc1C(=O)NC(=S)Nc1cccc(Cl)c1Cl. The molecule has 0 aromatic heterocycles. The van der Waals surface area contributed by atoms with Crippen molar-refractivity contribution in [3.63, 3.8) is 0 Å². The molecule has 2 rings (SSSR count). The minimum Gasteiger partial charge on any atom is -0.493 e. The lowest BCUT2D eigenvalue weighted by atomic mass is 10.2. The number of ether oxygens (including phenoxy) is 1. The number of rotatable bonds is 6. The van der Waals surface area contributed by atoms with Crippen LogP contribution in [-0.4, -0.2) is 17.6 Å². The number of anilines is 1. The zero-order chi connectivity index (χ0) is 18.2. The number of halogens is 2. The topological polar surface area (TPSA) is 50.4 Å². The van der Waals surface area contributed by atoms with Gasteiger partial charge in [-0.1, -0.05) is 54.7 Å². The molecule has 7 heteroatoms. The quantitative estimate of drug-likeness (QED) is 0.513. The van der Waals surface area contributed by atoms with Gasteiger partial charge in [0.05, 0.1) is 27.9 Å². The van der Waals surface area contributed by atoms with Gasteiger partial charge in [-0.2, -0.15) is 0 Å². The molecule has 1 amide bonds. The zero-order valence-electron chi connectivity index (χ0n) is 13.6. The number of carbonyl (C=O) groups excluding carboxylic acids is 1. The number of benzene rings is 2. The maximum absolute atomic E-state index is 12.5. The van der Waals surface area contributed by atoms with Gasteiger partial charge in [-0.15, -0.1) is 0 Å². The maximum atomic E-state index is 12.5. The highest BCUT2D eigenvalue weighted by molar-refractivity contribution is 7.80. The fourth-order valence-electron chi connectivity index (χ4n) is 2.03. The summed E-state index contributed by atoms with van der Waals surface area (Å²) >= 11 is 17.2. The average molecular weight is 397 g/mol. The van der Waals surface area contributed by atoms with E-state index in [-0.39, 0.29) is 11.0 Å². The number of thiocarbonyl (C=S) groups is 1. The maximum Gasteiger partial charge on any atom is 0.261 e. The largest absolute Gasteiger partial charge is 0.493 e. The summed E-state index contributed by atoms with van der Waals surface area (Å²) in [5.74, 6) is 0.166. The Morgan fingerprint density at radius 1 is 1.16 bits per heavy atom. The van der Waals surface area contributed by atoms with E-state index < -0.39 is 0 Å². The van der Waals surface area contributed by atoms with Crippen LogP contribution in [0, 0.1) is 0 Å². The van der Waals surface area contributed by atoms with Crippen LogP contribution in [0.2, 0.25) is 10.0 Å². The Bertz CT molecular complexity index is 768. The van der Waals surface area contributed by atoms with Crippen molar-refractivity contribution in [1.29, 1.82) is 0 Å². The predicted molar refractivity (Wildman–Crippen MR) is 107 cm³/mol. The molecule has 0 unspecified atom stereocenters. The molecule has 0 saturated heterocycles. The van der Waals surface area contributed by atoms with E-state index in [1.54, 1.807) is 36.4 Å². The van der Waals surface area contributed by atoms with Crippen molar-refractivity contribution in [3.05, 3.63) is 58.1 Å². The minimum absolute atomic E-state index is 0.123. The zero-order valence-corrected chi connectivity index (χ0v) is 16.0. The molecule has 25 heavy (non-hydrogen) atoms. The Hall–Kier alpha value is -1.82. The number of amides is 1. The second-order valence-electron chi connectivity index (χ2n) is 5.21. The van der Waals surface area contributed by atoms with Gasteiger partial charge in [-0.3, -0.25) is 10.1 Å². The lowest BCUT2D eigenvalue weighted by Crippen LogP contribution is -2.34. The third-order valence-electron chi connectivity index (χ3n) is 3.31. The third kappa shape index (κ3) is 5.59. The van der Waals surface area contributed by atoms with Crippen LogP contribution >= 0.6 is 35.4 Å². The van der Waals surface area contributed by atoms with Gasteiger partial charge in [0.2, 0.25) is 0 Å². The molecular weight excluding hydrogens is 379 g/mol. The van der Waals surface area contributed by atoms with E-state index in [1.165, 1.54) is 0 Å². The summed E-state index contributed by atoms with van der Waals surface area (Å²) in [5.41, 5.74) is 0.937. The Morgan fingerprint density at radius 3 is 2.68 bits per heavy atom. The Labute approximate surface area is 162 Å². The predicted octanol–water partition coefficient (Wildman–Crippen LogP) is 5.30. The summed E-state index contributed by atoms with van der Waals surface area (Å²) in [6.07, 6.45) is 1.94. The number of hydrogen-bond acceptors (Lipinski definition) is 3. The molecule has 0 radical (unpaired) electrons. The second kappa shape index (κ2) is 9.61. The summed E-state index contributed by atoms with van der Waals surface area (Å²) in [7, 11) is 0. The summed E-state index contributed by atoms with van der Waals surface area (Å²) in [6.45, 7) is 2.63. The van der Waals surface area contributed by atoms with Gasteiger partial charge in [-0.25, -0.2) is 0 Å². The van der Waals surface area contributed by atoms with E-state index in [4.69, 9.17) is 40.2 Å². The molecule has 0 saturated carbocycles. The Balaban J connectivity index is 2.04. The molecular formula is C18H18Cl2N2O2S. The van der Waals surface area contributed by atoms with E-state index in [2.05, 4.69) is 17.6 Å². The van der Waals surface area contributed by atoms with Crippen LogP contribution in [0.25, 0.3) is 0 Å². The summed E-state index contributed by atoms with van der Waals surface area (Å²) < 4.78 is 5.67. The van der Waals surface area contributed by atoms with Crippen LogP contribution in [0.15, 0.2) is 42.5 Å². The first-order valence-corrected chi connectivity index (χ1v) is 8.97. The fourth-order valence-corrected chi connectivity index (χ4v) is 2.58. The molecule has 0 aliphatic rings. The number of nitrogens with one attached hydrogen (secondary N) is 2. The second-order valence-corrected chi connectivity index (χ2v) is 6.40. The Kier molecular flexibility index (Phi) is 7.50. The van der Waals surface area contributed by atoms with E-state index in [9.17, 15) is 4.79 Å². The van der Waals surface area contributed by atoms with E-state index >= 15 is 0 Å². The van der Waals surface area contributed by atoms with Gasteiger partial charge in [0.15, 0.2) is 5.11 Å². The highest BCUT2D eigenvalue weighted by Gasteiger charge is 2.14. The molecule has 0 fully saturated rings. The van der Waals surface area contributed by atoms with Crippen molar-refractivity contribution in [2.45, 2.75) is 19.8 Å². The molecule has 132 valence electrons. The highest BCUT2D eigenvalue weighted by atomic mass is 35.5. The first-order valence-electron chi connectivity index (χ1n) is 7.81. The lowest BCUT2D eigenvalue weighted by molar-refractivity contribution is 0.0973. The van der Waals surface area contributed by atoms with Crippen LogP contribution < -0.4 is 15.4 Å². The third-order valence-corrected chi connectivity index (χ3v) is 4.34. The Morgan fingerprint density at radius 2 is 1.92 bits per heavy atom. The van der Waals surface area contributed by atoms with Gasteiger partial charge in [0, 0.05) is 0 Å². The lowest BCUT2D eigenvalue weighted by Gasteiger charge is -2.13. The summed E-state index contributed by atoms with van der Waals surface area (Å²) in [4.78, 5) is 12.5. The van der Waals surface area contributed by atoms with Crippen LogP contribution in [-0.2, 0) is 0 Å². The first-order chi connectivity index (χ1) is 12.0. The molecule has 4 nitrogen and oxygen atoms in total. The van der Waals surface area contributed by atoms with Crippen molar-refractivity contribution in [3.8, 4) is 5.75 Å². The van der Waals surface area contributed by atoms with Gasteiger partial charge >= 0.3 is 0 Å². The van der Waals surface area contributed by atoms with Crippen molar-refractivity contribution in [1.82, 2.24) is 5.32 Å². The first kappa shape index (κ1) is 19.5. The van der Waals surface area contributed by atoms with Gasteiger partial charge in [0.25, 0.3) is 5.91 Å².